The minimum absolute atomic E-state index is 0.235. The van der Waals surface area contributed by atoms with Crippen LogP contribution in [0, 0.1) is 5.82 Å². The molecule has 1 unspecified atom stereocenters. The number of benzene rings is 1. The first-order valence-electron chi connectivity index (χ1n) is 5.79. The largest absolute Gasteiger partial charge is 0.497 e. The summed E-state index contributed by atoms with van der Waals surface area (Å²) in [5, 5.41) is 3.27. The highest BCUT2D eigenvalue weighted by Gasteiger charge is 2.06. The number of hydrogen-bond acceptors (Lipinski definition) is 2. The molecule has 0 aliphatic heterocycles. The third kappa shape index (κ3) is 4.92. The predicted molar refractivity (Wildman–Crippen MR) is 69.2 cm³/mol. The Labute approximate surface area is 107 Å². The van der Waals surface area contributed by atoms with E-state index in [-0.39, 0.29) is 5.82 Å². The number of rotatable bonds is 7. The lowest BCUT2D eigenvalue weighted by molar-refractivity contribution is 0.410. The third-order valence-corrected chi connectivity index (χ3v) is 2.94. The standard InChI is InChI=1S/C13H19ClFNO/c1-10(4-3-7-14)16-9-11-5-6-12(17-2)8-13(11)15/h5-6,8,10,16H,3-4,7,9H2,1-2H3. The summed E-state index contributed by atoms with van der Waals surface area (Å²) >= 11 is 5.62. The number of halogens is 2. The molecule has 0 aliphatic carbocycles. The Bertz CT molecular complexity index is 346. The highest BCUT2D eigenvalue weighted by molar-refractivity contribution is 6.17. The maximum absolute atomic E-state index is 13.6. The van der Waals surface area contributed by atoms with E-state index in [1.165, 1.54) is 13.2 Å². The van der Waals surface area contributed by atoms with Crippen molar-refractivity contribution < 1.29 is 9.13 Å². The first kappa shape index (κ1) is 14.3. The quantitative estimate of drug-likeness (QED) is 0.759. The SMILES string of the molecule is COc1ccc(CNC(C)CCCCl)c(F)c1. The van der Waals surface area contributed by atoms with Gasteiger partial charge >= 0.3 is 0 Å². The van der Waals surface area contributed by atoms with Crippen molar-refractivity contribution in [1.82, 2.24) is 5.32 Å². The van der Waals surface area contributed by atoms with Crippen LogP contribution in [0.5, 0.6) is 5.75 Å². The van der Waals surface area contributed by atoms with Crippen LogP contribution in [-0.4, -0.2) is 19.0 Å². The fourth-order valence-corrected chi connectivity index (χ4v) is 1.72. The van der Waals surface area contributed by atoms with Crippen molar-refractivity contribution >= 4 is 11.6 Å². The first-order valence-corrected chi connectivity index (χ1v) is 6.32. The zero-order chi connectivity index (χ0) is 12.7. The van der Waals surface area contributed by atoms with E-state index >= 15 is 0 Å². The van der Waals surface area contributed by atoms with E-state index in [0.717, 1.165) is 12.8 Å². The summed E-state index contributed by atoms with van der Waals surface area (Å²) in [6, 6.07) is 5.26. The highest BCUT2D eigenvalue weighted by atomic mass is 35.5. The molecule has 0 amide bonds. The van der Waals surface area contributed by atoms with Crippen molar-refractivity contribution in [3.05, 3.63) is 29.6 Å². The fourth-order valence-electron chi connectivity index (χ4n) is 1.57. The smallest absolute Gasteiger partial charge is 0.131 e. The van der Waals surface area contributed by atoms with Gasteiger partial charge < -0.3 is 10.1 Å². The molecule has 0 heterocycles. The summed E-state index contributed by atoms with van der Waals surface area (Å²) in [5.74, 6) is 0.978. The predicted octanol–water partition coefficient (Wildman–Crippen LogP) is 3.33. The minimum Gasteiger partial charge on any atom is -0.497 e. The molecule has 1 atom stereocenters. The molecule has 1 aromatic rings. The van der Waals surface area contributed by atoms with Gasteiger partial charge in [0.2, 0.25) is 0 Å². The molecular weight excluding hydrogens is 241 g/mol. The molecule has 2 nitrogen and oxygen atoms in total. The molecule has 0 spiro atoms. The van der Waals surface area contributed by atoms with Crippen LogP contribution in [0.15, 0.2) is 18.2 Å². The first-order chi connectivity index (χ1) is 8.17. The molecule has 4 heteroatoms. The van der Waals surface area contributed by atoms with Gasteiger partial charge in [-0.2, -0.15) is 0 Å². The molecule has 0 saturated heterocycles. The molecule has 17 heavy (non-hydrogen) atoms. The molecular formula is C13H19ClFNO. The lowest BCUT2D eigenvalue weighted by atomic mass is 10.1. The van der Waals surface area contributed by atoms with Gasteiger partial charge in [0.05, 0.1) is 7.11 Å². The third-order valence-electron chi connectivity index (χ3n) is 2.67. The average Bonchev–Trinajstić information content (AvgIpc) is 2.34. The van der Waals surface area contributed by atoms with Crippen LogP contribution in [0.2, 0.25) is 0 Å². The number of alkyl halides is 1. The van der Waals surface area contributed by atoms with Gasteiger partial charge in [0, 0.05) is 30.1 Å². The summed E-state index contributed by atoms with van der Waals surface area (Å²) in [4.78, 5) is 0. The molecule has 0 radical (unpaired) electrons. The van der Waals surface area contributed by atoms with Crippen molar-refractivity contribution in [2.45, 2.75) is 32.4 Å². The van der Waals surface area contributed by atoms with E-state index in [1.54, 1.807) is 12.1 Å². The highest BCUT2D eigenvalue weighted by Crippen LogP contribution is 2.16. The van der Waals surface area contributed by atoms with E-state index in [0.29, 0.717) is 29.8 Å². The molecule has 0 fully saturated rings. The molecule has 1 N–H and O–H groups in total. The van der Waals surface area contributed by atoms with Crippen LogP contribution in [0.25, 0.3) is 0 Å². The Hall–Kier alpha value is -0.800. The van der Waals surface area contributed by atoms with Crippen LogP contribution in [0.3, 0.4) is 0 Å². The summed E-state index contributed by atoms with van der Waals surface area (Å²) in [6.07, 6.45) is 1.97. The van der Waals surface area contributed by atoms with Gasteiger partial charge in [0.25, 0.3) is 0 Å². The molecule has 96 valence electrons. The second-order valence-corrected chi connectivity index (χ2v) is 4.45. The fraction of sp³-hybridized carbons (Fsp3) is 0.538. The molecule has 0 saturated carbocycles. The zero-order valence-corrected chi connectivity index (χ0v) is 11.1. The molecule has 1 aromatic carbocycles. The molecule has 0 aliphatic rings. The van der Waals surface area contributed by atoms with Crippen LogP contribution in [-0.2, 0) is 6.54 Å². The van der Waals surface area contributed by atoms with Crippen molar-refractivity contribution in [3.63, 3.8) is 0 Å². The van der Waals surface area contributed by atoms with Crippen molar-refractivity contribution in [3.8, 4) is 5.75 Å². The second kappa shape index (κ2) is 7.51. The Kier molecular flexibility index (Phi) is 6.30. The van der Waals surface area contributed by atoms with Crippen LogP contribution >= 0.6 is 11.6 Å². The van der Waals surface area contributed by atoms with Gasteiger partial charge in [-0.1, -0.05) is 6.07 Å². The van der Waals surface area contributed by atoms with Crippen molar-refractivity contribution in [2.24, 2.45) is 0 Å². The maximum atomic E-state index is 13.6. The Morgan fingerprint density at radius 1 is 1.47 bits per heavy atom. The summed E-state index contributed by atoms with van der Waals surface area (Å²) in [7, 11) is 1.53. The average molecular weight is 260 g/mol. The normalized spacial score (nSPS) is 12.5. The lowest BCUT2D eigenvalue weighted by Crippen LogP contribution is -2.25. The monoisotopic (exact) mass is 259 g/mol. The van der Waals surface area contributed by atoms with Crippen LogP contribution < -0.4 is 10.1 Å². The van der Waals surface area contributed by atoms with Crippen LogP contribution in [0.4, 0.5) is 4.39 Å². The van der Waals surface area contributed by atoms with Crippen molar-refractivity contribution in [1.29, 1.82) is 0 Å². The number of nitrogens with one attached hydrogen (secondary N) is 1. The second-order valence-electron chi connectivity index (χ2n) is 4.07. The topological polar surface area (TPSA) is 21.3 Å². The number of methoxy groups -OCH3 is 1. The van der Waals surface area contributed by atoms with Gasteiger partial charge in [-0.25, -0.2) is 4.39 Å². The van der Waals surface area contributed by atoms with E-state index in [1.807, 2.05) is 0 Å². The summed E-state index contributed by atoms with van der Waals surface area (Å²) < 4.78 is 18.6. The number of ether oxygens (including phenoxy) is 1. The van der Waals surface area contributed by atoms with Gasteiger partial charge in [0.15, 0.2) is 0 Å². The molecule has 0 aromatic heterocycles. The number of hydrogen-bond donors (Lipinski definition) is 1. The van der Waals surface area contributed by atoms with E-state index in [9.17, 15) is 4.39 Å². The molecule has 0 bridgehead atoms. The minimum atomic E-state index is -0.235. The lowest BCUT2D eigenvalue weighted by Gasteiger charge is -2.13. The molecule has 1 rings (SSSR count). The van der Waals surface area contributed by atoms with Gasteiger partial charge in [-0.05, 0) is 25.8 Å². The Balaban J connectivity index is 2.46. The van der Waals surface area contributed by atoms with Gasteiger partial charge in [-0.15, -0.1) is 11.6 Å². The van der Waals surface area contributed by atoms with E-state index in [2.05, 4.69) is 12.2 Å². The maximum Gasteiger partial charge on any atom is 0.131 e. The zero-order valence-electron chi connectivity index (χ0n) is 10.3. The van der Waals surface area contributed by atoms with Gasteiger partial charge in [0.1, 0.15) is 11.6 Å². The Morgan fingerprint density at radius 2 is 2.24 bits per heavy atom. The summed E-state index contributed by atoms with van der Waals surface area (Å²) in [5.41, 5.74) is 0.656. The van der Waals surface area contributed by atoms with E-state index in [4.69, 9.17) is 16.3 Å². The van der Waals surface area contributed by atoms with E-state index < -0.39 is 0 Å². The van der Waals surface area contributed by atoms with Gasteiger partial charge in [-0.3, -0.25) is 0 Å². The van der Waals surface area contributed by atoms with Crippen LogP contribution in [0.1, 0.15) is 25.3 Å². The van der Waals surface area contributed by atoms with Crippen molar-refractivity contribution in [2.75, 3.05) is 13.0 Å². The summed E-state index contributed by atoms with van der Waals surface area (Å²) in [6.45, 7) is 2.60. The Morgan fingerprint density at radius 3 is 2.82 bits per heavy atom.